The first-order valence-corrected chi connectivity index (χ1v) is 4.04. The zero-order valence-electron chi connectivity index (χ0n) is 5.66. The highest BCUT2D eigenvalue weighted by Gasteiger charge is 1.96. The third kappa shape index (κ3) is 0.744. The summed E-state index contributed by atoms with van der Waals surface area (Å²) in [6.07, 6.45) is 3.75. The Bertz CT molecular complexity index is 355. The van der Waals surface area contributed by atoms with E-state index in [4.69, 9.17) is 0 Å². The molecule has 1 nitrogen and oxygen atoms in total. The van der Waals surface area contributed by atoms with E-state index < -0.39 is 0 Å². The van der Waals surface area contributed by atoms with Crippen molar-refractivity contribution < 1.29 is 0 Å². The second kappa shape index (κ2) is 2.09. The summed E-state index contributed by atoms with van der Waals surface area (Å²) in [6.45, 7) is 0. The predicted octanol–water partition coefficient (Wildman–Crippen LogP) is 0.555. The molecule has 0 aliphatic heterocycles. The van der Waals surface area contributed by atoms with Gasteiger partial charge in [-0.15, -0.1) is 11.3 Å². The fraction of sp³-hybridized carbons (Fsp3) is 0. The molecule has 0 aromatic carbocycles. The smallest absolute Gasteiger partial charge is 0.141 e. The maximum absolute atomic E-state index is 4.04. The van der Waals surface area contributed by atoms with Crippen LogP contribution in [0.1, 0.15) is 0 Å². The zero-order chi connectivity index (χ0) is 6.97. The third-order valence-electron chi connectivity index (χ3n) is 1.57. The Morgan fingerprint density at radius 3 is 3.20 bits per heavy atom. The molecule has 0 fully saturated rings. The number of thiophene rings is 1. The molecule has 0 amide bonds. The number of aromatic nitrogens is 1. The van der Waals surface area contributed by atoms with Gasteiger partial charge in [0.05, 0.1) is 4.70 Å². The fourth-order valence-electron chi connectivity index (χ4n) is 1.02. The lowest BCUT2D eigenvalue weighted by Crippen LogP contribution is -1.96. The molecule has 2 heterocycles. The van der Waals surface area contributed by atoms with Gasteiger partial charge in [-0.25, -0.2) is 0 Å². The van der Waals surface area contributed by atoms with Crippen LogP contribution in [0.2, 0.25) is 0 Å². The van der Waals surface area contributed by atoms with Crippen LogP contribution in [-0.2, 0) is 0 Å². The van der Waals surface area contributed by atoms with Gasteiger partial charge in [0.15, 0.2) is 0 Å². The lowest BCUT2D eigenvalue weighted by atomic mass is 9.97. The number of nitrogens with zero attached hydrogens (tertiary/aromatic N) is 1. The van der Waals surface area contributed by atoms with Crippen molar-refractivity contribution >= 4 is 34.7 Å². The summed E-state index contributed by atoms with van der Waals surface area (Å²) in [5.74, 6) is 0. The minimum atomic E-state index is 1.28. The van der Waals surface area contributed by atoms with Crippen molar-refractivity contribution in [2.45, 2.75) is 0 Å². The van der Waals surface area contributed by atoms with E-state index in [-0.39, 0.29) is 0 Å². The monoisotopic (exact) mass is 147 g/mol. The van der Waals surface area contributed by atoms with Gasteiger partial charge in [-0.05, 0) is 16.8 Å². The van der Waals surface area contributed by atoms with Gasteiger partial charge in [-0.3, -0.25) is 4.98 Å². The van der Waals surface area contributed by atoms with Crippen molar-refractivity contribution in [3.63, 3.8) is 0 Å². The largest absolute Gasteiger partial charge is 0.263 e. The summed E-state index contributed by atoms with van der Waals surface area (Å²) < 4.78 is 1.28. The first-order chi connectivity index (χ1) is 4.88. The van der Waals surface area contributed by atoms with Crippen molar-refractivity contribution in [2.75, 3.05) is 0 Å². The molecule has 0 aliphatic rings. The molecule has 10 heavy (non-hydrogen) atoms. The molecule has 3 heteroatoms. The van der Waals surface area contributed by atoms with E-state index in [2.05, 4.69) is 24.3 Å². The highest BCUT2D eigenvalue weighted by atomic mass is 32.1. The number of fused-ring (bicyclic) bond motifs is 1. The van der Waals surface area contributed by atoms with E-state index in [0.29, 0.717) is 0 Å². The van der Waals surface area contributed by atoms with E-state index in [1.807, 2.05) is 12.4 Å². The molecular weight excluding hydrogens is 141 g/mol. The van der Waals surface area contributed by atoms with Gasteiger partial charge < -0.3 is 0 Å². The van der Waals surface area contributed by atoms with E-state index in [9.17, 15) is 0 Å². The molecule has 48 valence electrons. The summed E-state index contributed by atoms with van der Waals surface area (Å²) >= 11 is 1.75. The van der Waals surface area contributed by atoms with E-state index >= 15 is 0 Å². The first-order valence-electron chi connectivity index (χ1n) is 3.16. The van der Waals surface area contributed by atoms with E-state index in [0.717, 1.165) is 0 Å². The summed E-state index contributed by atoms with van der Waals surface area (Å²) in [5, 5.41) is 3.49. The van der Waals surface area contributed by atoms with Gasteiger partial charge in [0, 0.05) is 12.4 Å². The Morgan fingerprint density at radius 1 is 1.50 bits per heavy atom. The maximum atomic E-state index is 4.04. The molecule has 0 unspecified atom stereocenters. The summed E-state index contributed by atoms with van der Waals surface area (Å²) in [7, 11) is 2.12. The van der Waals surface area contributed by atoms with Crippen LogP contribution in [0.25, 0.3) is 10.1 Å². The normalized spacial score (nSPS) is 10.4. The molecule has 2 aromatic heterocycles. The van der Waals surface area contributed by atoms with Gasteiger partial charge in [0.2, 0.25) is 0 Å². The SMILES string of the molecule is Bc1csc2cnccc12. The van der Waals surface area contributed by atoms with Crippen molar-refractivity contribution in [3.05, 3.63) is 23.8 Å². The van der Waals surface area contributed by atoms with Crippen LogP contribution in [0.3, 0.4) is 0 Å². The lowest BCUT2D eigenvalue weighted by Gasteiger charge is -1.86. The highest BCUT2D eigenvalue weighted by molar-refractivity contribution is 7.18. The second-order valence-electron chi connectivity index (χ2n) is 2.29. The van der Waals surface area contributed by atoms with Crippen LogP contribution in [0.5, 0.6) is 0 Å². The van der Waals surface area contributed by atoms with Crippen molar-refractivity contribution in [1.82, 2.24) is 4.98 Å². The fourth-order valence-corrected chi connectivity index (χ4v) is 1.92. The molecule has 0 aliphatic carbocycles. The lowest BCUT2D eigenvalue weighted by molar-refractivity contribution is 1.37. The van der Waals surface area contributed by atoms with Crippen LogP contribution in [0.15, 0.2) is 23.8 Å². The predicted molar refractivity (Wildman–Crippen MR) is 47.8 cm³/mol. The molecule has 0 spiro atoms. The van der Waals surface area contributed by atoms with Gasteiger partial charge in [-0.1, -0.05) is 5.46 Å². The van der Waals surface area contributed by atoms with Crippen molar-refractivity contribution in [1.29, 1.82) is 0 Å². The topological polar surface area (TPSA) is 12.9 Å². The van der Waals surface area contributed by atoms with Gasteiger partial charge in [0.25, 0.3) is 0 Å². The Hall–Kier alpha value is -0.825. The van der Waals surface area contributed by atoms with E-state index in [1.165, 1.54) is 15.5 Å². The minimum Gasteiger partial charge on any atom is -0.263 e. The van der Waals surface area contributed by atoms with Crippen LogP contribution >= 0.6 is 11.3 Å². The van der Waals surface area contributed by atoms with Gasteiger partial charge in [-0.2, -0.15) is 0 Å². The first kappa shape index (κ1) is 5.92. The van der Waals surface area contributed by atoms with Crippen molar-refractivity contribution in [2.24, 2.45) is 0 Å². The van der Waals surface area contributed by atoms with Gasteiger partial charge >= 0.3 is 0 Å². The number of hydrogen-bond donors (Lipinski definition) is 0. The molecule has 0 radical (unpaired) electrons. The third-order valence-corrected chi connectivity index (χ3v) is 2.62. The molecular formula is C7H6BNS. The molecule has 0 saturated carbocycles. The minimum absolute atomic E-state index is 1.28. The zero-order valence-corrected chi connectivity index (χ0v) is 6.48. The Morgan fingerprint density at radius 2 is 2.40 bits per heavy atom. The molecule has 0 saturated heterocycles. The molecule has 2 aromatic rings. The Balaban J connectivity index is 2.93. The van der Waals surface area contributed by atoms with Crippen LogP contribution in [0.4, 0.5) is 0 Å². The molecule has 0 N–H and O–H groups in total. The van der Waals surface area contributed by atoms with Crippen LogP contribution < -0.4 is 5.46 Å². The molecule has 2 rings (SSSR count). The van der Waals surface area contributed by atoms with Crippen LogP contribution in [-0.4, -0.2) is 12.8 Å². The quantitative estimate of drug-likeness (QED) is 0.496. The van der Waals surface area contributed by atoms with E-state index in [1.54, 1.807) is 11.3 Å². The number of hydrogen-bond acceptors (Lipinski definition) is 2. The second-order valence-corrected chi connectivity index (χ2v) is 3.20. The summed E-state index contributed by atoms with van der Waals surface area (Å²) in [4.78, 5) is 4.04. The summed E-state index contributed by atoms with van der Waals surface area (Å²) in [6, 6.07) is 2.06. The summed E-state index contributed by atoms with van der Waals surface area (Å²) in [5.41, 5.74) is 1.35. The molecule has 0 bridgehead atoms. The Kier molecular flexibility index (Phi) is 1.24. The average molecular weight is 147 g/mol. The maximum Gasteiger partial charge on any atom is 0.141 e. The number of pyridine rings is 1. The number of rotatable bonds is 0. The van der Waals surface area contributed by atoms with Crippen LogP contribution in [0, 0.1) is 0 Å². The van der Waals surface area contributed by atoms with Gasteiger partial charge in [0.1, 0.15) is 7.85 Å². The Labute approximate surface area is 64.1 Å². The standard InChI is InChI=1S/C7H6BNS/c8-6-4-10-7-3-9-2-1-5(6)7/h1-4H,8H2. The average Bonchev–Trinajstić information content (AvgIpc) is 2.34. The highest BCUT2D eigenvalue weighted by Crippen LogP contribution is 2.15. The van der Waals surface area contributed by atoms with Crippen molar-refractivity contribution in [3.8, 4) is 0 Å². The molecule has 0 atom stereocenters.